The van der Waals surface area contributed by atoms with Crippen molar-refractivity contribution in [3.8, 4) is 0 Å². The molecule has 0 bridgehead atoms. The minimum Gasteiger partial charge on any atom is -0.399 e. The molecule has 3 N–H and O–H groups in total. The summed E-state index contributed by atoms with van der Waals surface area (Å²) in [5.41, 5.74) is 7.78. The van der Waals surface area contributed by atoms with Crippen LogP contribution in [0.5, 0.6) is 0 Å². The van der Waals surface area contributed by atoms with E-state index in [1.54, 1.807) is 37.3 Å². The first-order valence-corrected chi connectivity index (χ1v) is 6.95. The molecular weight excluding hydrogens is 288 g/mol. The van der Waals surface area contributed by atoms with Crippen LogP contribution in [0.2, 0.25) is 5.02 Å². The number of anilines is 2. The number of halogens is 1. The average molecular weight is 305 g/mol. The molecule has 5 heteroatoms. The predicted molar refractivity (Wildman–Crippen MR) is 85.2 cm³/mol. The van der Waals surface area contributed by atoms with Gasteiger partial charge in [0.25, 0.3) is 5.91 Å². The van der Waals surface area contributed by atoms with Crippen LogP contribution in [0.15, 0.2) is 48.5 Å². The van der Waals surface area contributed by atoms with Gasteiger partial charge in [-0.15, -0.1) is 0 Å². The van der Waals surface area contributed by atoms with E-state index in [0.717, 1.165) is 5.56 Å². The first-order chi connectivity index (χ1) is 10.1. The van der Waals surface area contributed by atoms with Gasteiger partial charge >= 0.3 is 0 Å². The Labute approximate surface area is 128 Å². The van der Waals surface area contributed by atoms with Crippen molar-refractivity contribution in [3.05, 3.63) is 59.1 Å². The molecular formula is C16H17ClN2O2. The zero-order valence-corrected chi connectivity index (χ0v) is 12.4. The van der Waals surface area contributed by atoms with E-state index in [4.69, 9.17) is 22.1 Å². The van der Waals surface area contributed by atoms with Crippen LogP contribution < -0.4 is 11.1 Å². The highest BCUT2D eigenvalue weighted by molar-refractivity contribution is 6.31. The van der Waals surface area contributed by atoms with Crippen LogP contribution in [-0.2, 0) is 16.1 Å². The van der Waals surface area contributed by atoms with Crippen LogP contribution in [0.25, 0.3) is 0 Å². The Balaban J connectivity index is 1.88. The summed E-state index contributed by atoms with van der Waals surface area (Å²) >= 11 is 6.04. The highest BCUT2D eigenvalue weighted by atomic mass is 35.5. The molecule has 4 nitrogen and oxygen atoms in total. The average Bonchev–Trinajstić information content (AvgIpc) is 2.48. The number of amides is 1. The summed E-state index contributed by atoms with van der Waals surface area (Å²) in [7, 11) is 0. The number of hydrogen-bond donors (Lipinski definition) is 2. The lowest BCUT2D eigenvalue weighted by Gasteiger charge is -2.14. The topological polar surface area (TPSA) is 64.3 Å². The van der Waals surface area contributed by atoms with E-state index in [0.29, 0.717) is 16.4 Å². The van der Waals surface area contributed by atoms with E-state index in [2.05, 4.69) is 5.32 Å². The van der Waals surface area contributed by atoms with E-state index in [-0.39, 0.29) is 12.5 Å². The number of rotatable bonds is 5. The van der Waals surface area contributed by atoms with Gasteiger partial charge in [-0.3, -0.25) is 4.79 Å². The summed E-state index contributed by atoms with van der Waals surface area (Å²) in [6.45, 7) is 1.99. The molecule has 0 aliphatic heterocycles. The number of carbonyl (C=O) groups excluding carboxylic acids is 1. The minimum atomic E-state index is -0.584. The number of carbonyl (C=O) groups is 1. The van der Waals surface area contributed by atoms with Crippen LogP contribution in [0.4, 0.5) is 11.4 Å². The van der Waals surface area contributed by atoms with Crippen molar-refractivity contribution in [1.29, 1.82) is 0 Å². The van der Waals surface area contributed by atoms with E-state index in [1.807, 2.05) is 18.2 Å². The standard InChI is InChI=1S/C16H17ClN2O2/c1-11(21-10-12-4-2-3-5-15(12)17)16(20)19-14-8-6-13(18)7-9-14/h2-9,11H,10,18H2,1H3,(H,19,20). The van der Waals surface area contributed by atoms with Crippen molar-refractivity contribution in [2.45, 2.75) is 19.6 Å². The van der Waals surface area contributed by atoms with Crippen molar-refractivity contribution < 1.29 is 9.53 Å². The van der Waals surface area contributed by atoms with E-state index >= 15 is 0 Å². The van der Waals surface area contributed by atoms with Gasteiger partial charge in [-0.05, 0) is 42.8 Å². The summed E-state index contributed by atoms with van der Waals surface area (Å²) in [5, 5.41) is 3.40. The molecule has 0 aliphatic carbocycles. The number of nitrogen functional groups attached to an aromatic ring is 1. The third-order valence-electron chi connectivity index (χ3n) is 2.99. The molecule has 0 fully saturated rings. The molecule has 0 saturated carbocycles. The molecule has 1 unspecified atom stereocenters. The zero-order chi connectivity index (χ0) is 15.2. The van der Waals surface area contributed by atoms with Crippen LogP contribution in [0.3, 0.4) is 0 Å². The number of hydrogen-bond acceptors (Lipinski definition) is 3. The quantitative estimate of drug-likeness (QED) is 0.831. The van der Waals surface area contributed by atoms with Gasteiger partial charge in [0.15, 0.2) is 0 Å². The van der Waals surface area contributed by atoms with E-state index in [1.165, 1.54) is 0 Å². The molecule has 21 heavy (non-hydrogen) atoms. The number of nitrogens with one attached hydrogen (secondary N) is 1. The first kappa shape index (κ1) is 15.4. The van der Waals surface area contributed by atoms with Gasteiger partial charge in [0, 0.05) is 16.4 Å². The first-order valence-electron chi connectivity index (χ1n) is 6.57. The zero-order valence-electron chi connectivity index (χ0n) is 11.7. The maximum atomic E-state index is 12.0. The van der Waals surface area contributed by atoms with Crippen LogP contribution >= 0.6 is 11.6 Å². The second-order valence-corrected chi connectivity index (χ2v) is 5.06. The summed E-state index contributed by atoms with van der Waals surface area (Å²) in [5.74, 6) is -0.216. The van der Waals surface area contributed by atoms with Gasteiger partial charge in [-0.1, -0.05) is 29.8 Å². The Morgan fingerprint density at radius 2 is 1.90 bits per heavy atom. The molecule has 0 heterocycles. The summed E-state index contributed by atoms with van der Waals surface area (Å²) in [6.07, 6.45) is -0.584. The number of ether oxygens (including phenoxy) is 1. The van der Waals surface area contributed by atoms with Crippen molar-refractivity contribution in [3.63, 3.8) is 0 Å². The lowest BCUT2D eigenvalue weighted by atomic mass is 10.2. The molecule has 0 radical (unpaired) electrons. The Kier molecular flexibility index (Phi) is 5.20. The molecule has 2 rings (SSSR count). The molecule has 0 aliphatic rings. The molecule has 1 amide bonds. The summed E-state index contributed by atoms with van der Waals surface area (Å²) in [6, 6.07) is 14.3. The number of benzene rings is 2. The van der Waals surface area contributed by atoms with Gasteiger partial charge in [0.2, 0.25) is 0 Å². The maximum absolute atomic E-state index is 12.0. The number of nitrogens with two attached hydrogens (primary N) is 1. The third-order valence-corrected chi connectivity index (χ3v) is 3.36. The molecule has 2 aromatic carbocycles. The Morgan fingerprint density at radius 1 is 1.24 bits per heavy atom. The summed E-state index contributed by atoms with van der Waals surface area (Å²) < 4.78 is 5.55. The lowest BCUT2D eigenvalue weighted by Crippen LogP contribution is -2.27. The lowest BCUT2D eigenvalue weighted by molar-refractivity contribution is -0.127. The van der Waals surface area contributed by atoms with Crippen LogP contribution in [-0.4, -0.2) is 12.0 Å². The van der Waals surface area contributed by atoms with Gasteiger partial charge < -0.3 is 15.8 Å². The van der Waals surface area contributed by atoms with Crippen LogP contribution in [0, 0.1) is 0 Å². The van der Waals surface area contributed by atoms with Crippen molar-refractivity contribution >= 4 is 28.9 Å². The highest BCUT2D eigenvalue weighted by Gasteiger charge is 2.14. The molecule has 0 spiro atoms. The van der Waals surface area contributed by atoms with Gasteiger partial charge in [-0.2, -0.15) is 0 Å². The van der Waals surface area contributed by atoms with Crippen molar-refractivity contribution in [2.24, 2.45) is 0 Å². The van der Waals surface area contributed by atoms with E-state index < -0.39 is 6.10 Å². The fraction of sp³-hybridized carbons (Fsp3) is 0.188. The second kappa shape index (κ2) is 7.11. The van der Waals surface area contributed by atoms with Gasteiger partial charge in [0.05, 0.1) is 6.61 Å². The molecule has 110 valence electrons. The Morgan fingerprint density at radius 3 is 2.57 bits per heavy atom. The molecule has 2 aromatic rings. The van der Waals surface area contributed by atoms with Gasteiger partial charge in [-0.25, -0.2) is 0 Å². The molecule has 0 saturated heterocycles. The Hall–Kier alpha value is -2.04. The predicted octanol–water partition coefficient (Wildman–Crippen LogP) is 3.47. The van der Waals surface area contributed by atoms with Crippen LogP contribution in [0.1, 0.15) is 12.5 Å². The highest BCUT2D eigenvalue weighted by Crippen LogP contribution is 2.17. The second-order valence-electron chi connectivity index (χ2n) is 4.66. The molecule has 1 atom stereocenters. The SMILES string of the molecule is CC(OCc1ccccc1Cl)C(=O)Nc1ccc(N)cc1. The van der Waals surface area contributed by atoms with Gasteiger partial charge in [0.1, 0.15) is 6.10 Å². The normalized spacial score (nSPS) is 11.9. The molecule has 0 aromatic heterocycles. The summed E-state index contributed by atoms with van der Waals surface area (Å²) in [4.78, 5) is 12.0. The maximum Gasteiger partial charge on any atom is 0.253 e. The van der Waals surface area contributed by atoms with E-state index in [9.17, 15) is 4.79 Å². The fourth-order valence-corrected chi connectivity index (χ4v) is 1.91. The third kappa shape index (κ3) is 4.48. The largest absolute Gasteiger partial charge is 0.399 e. The monoisotopic (exact) mass is 304 g/mol. The minimum absolute atomic E-state index is 0.216. The fourth-order valence-electron chi connectivity index (χ4n) is 1.72. The Bertz CT molecular complexity index is 614. The smallest absolute Gasteiger partial charge is 0.253 e. The van der Waals surface area contributed by atoms with Crippen molar-refractivity contribution in [2.75, 3.05) is 11.1 Å². The van der Waals surface area contributed by atoms with Crippen molar-refractivity contribution in [1.82, 2.24) is 0 Å².